The predicted octanol–water partition coefficient (Wildman–Crippen LogP) is 6.83. The van der Waals surface area contributed by atoms with Gasteiger partial charge >= 0.3 is 0 Å². The number of nitrogens with zero attached hydrogens (tertiary/aromatic N) is 1. The molecule has 0 unspecified atom stereocenters. The summed E-state index contributed by atoms with van der Waals surface area (Å²) >= 11 is 13.0. The molecule has 0 spiro atoms. The number of carbonyl (C=O) groups is 2. The molecule has 202 valence electrons. The lowest BCUT2D eigenvalue weighted by molar-refractivity contribution is -0.143. The Balaban J connectivity index is 1.92. The van der Waals surface area contributed by atoms with E-state index < -0.39 is 6.04 Å². The Bertz CT molecular complexity index is 1200. The fourth-order valence-corrected chi connectivity index (χ4v) is 4.58. The van der Waals surface area contributed by atoms with Crippen LogP contribution in [0.15, 0.2) is 72.8 Å². The van der Waals surface area contributed by atoms with E-state index in [-0.39, 0.29) is 36.4 Å². The van der Waals surface area contributed by atoms with E-state index in [1.165, 1.54) is 10.5 Å². The molecule has 3 rings (SSSR count). The van der Waals surface area contributed by atoms with E-state index in [0.29, 0.717) is 27.8 Å². The van der Waals surface area contributed by atoms with E-state index in [4.69, 9.17) is 27.9 Å². The number of ether oxygens (including phenoxy) is 1. The van der Waals surface area contributed by atoms with Crippen molar-refractivity contribution in [2.24, 2.45) is 0 Å². The second-order valence-corrected chi connectivity index (χ2v) is 11.5. The molecule has 0 aliphatic heterocycles. The van der Waals surface area contributed by atoms with Crippen LogP contribution in [0.4, 0.5) is 0 Å². The third-order valence-electron chi connectivity index (χ3n) is 6.17. The highest BCUT2D eigenvalue weighted by Gasteiger charge is 2.32. The molecule has 3 aromatic carbocycles. The summed E-state index contributed by atoms with van der Waals surface area (Å²) in [5.74, 6) is -0.0241. The van der Waals surface area contributed by atoms with Crippen molar-refractivity contribution in [1.29, 1.82) is 0 Å². The molecule has 0 bridgehead atoms. The average molecular weight is 556 g/mol. The summed E-state index contributed by atoms with van der Waals surface area (Å²) in [5.41, 5.74) is 2.68. The second kappa shape index (κ2) is 13.2. The van der Waals surface area contributed by atoms with Crippen LogP contribution in [0, 0.1) is 0 Å². The highest BCUT2D eigenvalue weighted by Crippen LogP contribution is 2.28. The number of nitrogens with one attached hydrogen (secondary N) is 1. The van der Waals surface area contributed by atoms with Crippen molar-refractivity contribution in [2.45, 2.75) is 65.1 Å². The molecule has 0 fully saturated rings. The van der Waals surface area contributed by atoms with Crippen molar-refractivity contribution < 1.29 is 14.3 Å². The summed E-state index contributed by atoms with van der Waals surface area (Å²) in [6.45, 7) is 10.0. The first-order valence-corrected chi connectivity index (χ1v) is 13.5. The van der Waals surface area contributed by atoms with Crippen molar-refractivity contribution >= 4 is 35.0 Å². The molecule has 7 heteroatoms. The topological polar surface area (TPSA) is 58.6 Å². The zero-order chi connectivity index (χ0) is 27.9. The molecule has 0 radical (unpaired) electrons. The fraction of sp³-hybridized carbons (Fsp3) is 0.355. The molecule has 3 aromatic rings. The maximum absolute atomic E-state index is 13.7. The van der Waals surface area contributed by atoms with Gasteiger partial charge in [0.05, 0.1) is 0 Å². The molecule has 0 aliphatic carbocycles. The van der Waals surface area contributed by atoms with Gasteiger partial charge in [-0.25, -0.2) is 0 Å². The van der Waals surface area contributed by atoms with Crippen molar-refractivity contribution in [3.8, 4) is 5.75 Å². The van der Waals surface area contributed by atoms with Gasteiger partial charge in [-0.1, -0.05) is 92.5 Å². The molecule has 1 atom stereocenters. The van der Waals surface area contributed by atoms with E-state index in [1.54, 1.807) is 18.2 Å². The van der Waals surface area contributed by atoms with Crippen LogP contribution in [-0.2, 0) is 28.0 Å². The van der Waals surface area contributed by atoms with Gasteiger partial charge in [0.1, 0.15) is 11.8 Å². The summed E-state index contributed by atoms with van der Waals surface area (Å²) in [4.78, 5) is 28.7. The maximum atomic E-state index is 13.7. The van der Waals surface area contributed by atoms with Crippen molar-refractivity contribution in [3.63, 3.8) is 0 Å². The first kappa shape index (κ1) is 29.5. The number of hydrogen-bond donors (Lipinski definition) is 1. The molecular weight excluding hydrogens is 519 g/mol. The maximum Gasteiger partial charge on any atom is 0.261 e. The van der Waals surface area contributed by atoms with Gasteiger partial charge in [-0.2, -0.15) is 0 Å². The Morgan fingerprint density at radius 2 is 1.50 bits per heavy atom. The quantitative estimate of drug-likeness (QED) is 0.298. The van der Waals surface area contributed by atoms with Gasteiger partial charge in [-0.3, -0.25) is 9.59 Å². The van der Waals surface area contributed by atoms with Crippen molar-refractivity contribution in [1.82, 2.24) is 10.2 Å². The minimum absolute atomic E-state index is 0.00774. The Labute approximate surface area is 236 Å². The van der Waals surface area contributed by atoms with Crippen LogP contribution >= 0.6 is 23.2 Å². The molecule has 2 amide bonds. The number of rotatable bonds is 10. The molecule has 5 nitrogen and oxygen atoms in total. The smallest absolute Gasteiger partial charge is 0.261 e. The molecule has 0 aromatic heterocycles. The third-order valence-corrected chi connectivity index (χ3v) is 6.88. The lowest BCUT2D eigenvalue weighted by Gasteiger charge is -2.32. The number of hydrogen-bond acceptors (Lipinski definition) is 3. The summed E-state index contributed by atoms with van der Waals surface area (Å²) < 4.78 is 5.89. The molecule has 0 heterocycles. The summed E-state index contributed by atoms with van der Waals surface area (Å²) in [6, 6.07) is 21.6. The van der Waals surface area contributed by atoms with Gasteiger partial charge in [-0.05, 0) is 54.7 Å². The largest absolute Gasteiger partial charge is 0.484 e. The highest BCUT2D eigenvalue weighted by atomic mass is 35.5. The molecular formula is C31H36Cl2N2O3. The normalized spacial score (nSPS) is 12.2. The highest BCUT2D eigenvalue weighted by molar-refractivity contribution is 6.36. The number of halogens is 2. The summed E-state index contributed by atoms with van der Waals surface area (Å²) in [7, 11) is 0. The van der Waals surface area contributed by atoms with E-state index in [9.17, 15) is 9.59 Å². The van der Waals surface area contributed by atoms with Gasteiger partial charge in [0, 0.05) is 34.6 Å². The lowest BCUT2D eigenvalue weighted by Crippen LogP contribution is -2.52. The Morgan fingerprint density at radius 1 is 0.895 bits per heavy atom. The van der Waals surface area contributed by atoms with Crippen LogP contribution in [0.25, 0.3) is 0 Å². The standard InChI is InChI=1S/C31H36Cl2N2O3/c1-21(2)34-30(37)28(18-22-10-7-6-8-11-22)35(19-25-26(32)12-9-13-27(25)33)29(36)20-38-24-16-14-23(15-17-24)31(3,4)5/h6-17,21,28H,18-20H2,1-5H3,(H,34,37)/t28-/m1/s1. The van der Waals surface area contributed by atoms with Crippen molar-refractivity contribution in [2.75, 3.05) is 6.61 Å². The van der Waals surface area contributed by atoms with Crippen LogP contribution < -0.4 is 10.1 Å². The summed E-state index contributed by atoms with van der Waals surface area (Å²) in [6.07, 6.45) is 0.327. The van der Waals surface area contributed by atoms with Crippen LogP contribution in [0.2, 0.25) is 10.0 Å². The Kier molecular flexibility index (Phi) is 10.2. The zero-order valence-electron chi connectivity index (χ0n) is 22.6. The van der Waals surface area contributed by atoms with Crippen LogP contribution in [0.5, 0.6) is 5.75 Å². The van der Waals surface area contributed by atoms with Crippen molar-refractivity contribution in [3.05, 3.63) is 99.5 Å². The van der Waals surface area contributed by atoms with Crippen LogP contribution in [0.1, 0.15) is 51.3 Å². The SMILES string of the molecule is CC(C)NC(=O)[C@@H](Cc1ccccc1)N(Cc1c(Cl)cccc1Cl)C(=O)COc1ccc(C(C)(C)C)cc1. The molecule has 0 saturated carbocycles. The van der Waals surface area contributed by atoms with Crippen LogP contribution in [-0.4, -0.2) is 35.4 Å². The first-order chi connectivity index (χ1) is 18.0. The fourth-order valence-electron chi connectivity index (χ4n) is 4.07. The average Bonchev–Trinajstić information content (AvgIpc) is 2.86. The van der Waals surface area contributed by atoms with Gasteiger partial charge in [0.2, 0.25) is 5.91 Å². The third kappa shape index (κ3) is 8.24. The van der Waals surface area contributed by atoms with Gasteiger partial charge < -0.3 is 15.0 Å². The molecule has 0 aliphatic rings. The Hall–Kier alpha value is -3.02. The lowest BCUT2D eigenvalue weighted by atomic mass is 9.87. The second-order valence-electron chi connectivity index (χ2n) is 10.7. The summed E-state index contributed by atoms with van der Waals surface area (Å²) in [5, 5.41) is 3.82. The van der Waals surface area contributed by atoms with Crippen LogP contribution in [0.3, 0.4) is 0 Å². The number of carbonyl (C=O) groups excluding carboxylic acids is 2. The molecule has 0 saturated heterocycles. The van der Waals surface area contributed by atoms with E-state index in [0.717, 1.165) is 5.56 Å². The monoisotopic (exact) mass is 554 g/mol. The van der Waals surface area contributed by atoms with E-state index >= 15 is 0 Å². The zero-order valence-corrected chi connectivity index (χ0v) is 24.1. The minimum Gasteiger partial charge on any atom is -0.484 e. The molecule has 38 heavy (non-hydrogen) atoms. The van der Waals surface area contributed by atoms with Gasteiger partial charge in [0.25, 0.3) is 5.91 Å². The number of benzene rings is 3. The predicted molar refractivity (Wildman–Crippen MR) is 155 cm³/mol. The minimum atomic E-state index is -0.800. The molecule has 1 N–H and O–H groups in total. The van der Waals surface area contributed by atoms with E-state index in [2.05, 4.69) is 26.1 Å². The Morgan fingerprint density at radius 3 is 2.05 bits per heavy atom. The van der Waals surface area contributed by atoms with E-state index in [1.807, 2.05) is 68.4 Å². The van der Waals surface area contributed by atoms with Gasteiger partial charge in [-0.15, -0.1) is 0 Å². The number of amides is 2. The van der Waals surface area contributed by atoms with Gasteiger partial charge in [0.15, 0.2) is 6.61 Å². The first-order valence-electron chi connectivity index (χ1n) is 12.8.